The second-order valence-corrected chi connectivity index (χ2v) is 20.0. The van der Waals surface area contributed by atoms with E-state index in [0.29, 0.717) is 26.4 Å². The van der Waals surface area contributed by atoms with Crippen LogP contribution in [-0.4, -0.2) is 62.0 Å². The number of hydrogen-bond acceptors (Lipinski definition) is 10. The van der Waals surface area contributed by atoms with Gasteiger partial charge >= 0.3 is 0 Å². The molecular formula is C11H22O4P2S6. The van der Waals surface area contributed by atoms with E-state index in [1.54, 1.807) is 46.3 Å². The van der Waals surface area contributed by atoms with E-state index in [2.05, 4.69) is 12.5 Å². The molecule has 0 aliphatic carbocycles. The fraction of sp³-hybridized carbons (Fsp3) is 1.00. The second kappa shape index (κ2) is 10.2. The van der Waals surface area contributed by atoms with Gasteiger partial charge in [0, 0.05) is 23.0 Å². The molecule has 0 saturated carbocycles. The molecule has 0 bridgehead atoms. The van der Waals surface area contributed by atoms with Crippen molar-refractivity contribution in [2.24, 2.45) is 5.41 Å². The maximum atomic E-state index is 5.94. The van der Waals surface area contributed by atoms with E-state index < -0.39 is 11.4 Å². The van der Waals surface area contributed by atoms with Crippen LogP contribution in [0.5, 0.6) is 0 Å². The van der Waals surface area contributed by atoms with Crippen LogP contribution in [0, 0.1) is 5.41 Å². The van der Waals surface area contributed by atoms with Crippen LogP contribution >= 0.6 is 57.7 Å². The van der Waals surface area contributed by atoms with Crippen LogP contribution in [-0.2, 0) is 41.7 Å². The maximum Gasteiger partial charge on any atom is 0.247 e. The third kappa shape index (κ3) is 6.89. The topological polar surface area (TPSA) is 36.9 Å². The molecule has 0 aromatic heterocycles. The molecule has 2 rings (SSSR count). The van der Waals surface area contributed by atoms with Gasteiger partial charge in [-0.1, -0.05) is 22.8 Å². The SMILES string of the molecule is CSCCSP1(=S)OCC2(CO1)COP(=S)(SCCSC)OC2. The van der Waals surface area contributed by atoms with Crippen LogP contribution in [0.3, 0.4) is 0 Å². The lowest BCUT2D eigenvalue weighted by molar-refractivity contribution is -0.0485. The van der Waals surface area contributed by atoms with Gasteiger partial charge in [-0.15, -0.1) is 0 Å². The quantitative estimate of drug-likeness (QED) is 0.366. The van der Waals surface area contributed by atoms with Gasteiger partial charge in [0.2, 0.25) is 11.4 Å². The molecule has 0 N–H and O–H groups in total. The Morgan fingerprint density at radius 1 is 0.739 bits per heavy atom. The summed E-state index contributed by atoms with van der Waals surface area (Å²) in [6.07, 6.45) is 4.18. The molecule has 0 amide bonds. The van der Waals surface area contributed by atoms with Crippen LogP contribution in [0.1, 0.15) is 0 Å². The Balaban J connectivity index is 1.79. The van der Waals surface area contributed by atoms with Gasteiger partial charge in [0.05, 0.1) is 31.8 Å². The highest BCUT2D eigenvalue weighted by molar-refractivity contribution is 8.68. The lowest BCUT2D eigenvalue weighted by Gasteiger charge is -2.44. The van der Waals surface area contributed by atoms with Crippen molar-refractivity contribution in [2.45, 2.75) is 0 Å². The number of hydrogen-bond donors (Lipinski definition) is 0. The van der Waals surface area contributed by atoms with E-state index in [9.17, 15) is 0 Å². The van der Waals surface area contributed by atoms with Gasteiger partial charge in [-0.2, -0.15) is 23.5 Å². The molecule has 1 spiro atoms. The fourth-order valence-corrected chi connectivity index (χ4v) is 12.5. The van der Waals surface area contributed by atoms with Crippen LogP contribution in [0.15, 0.2) is 0 Å². The minimum atomic E-state index is -2.19. The van der Waals surface area contributed by atoms with E-state index in [4.69, 9.17) is 41.7 Å². The molecule has 136 valence electrons. The number of thioether (sulfide) groups is 2. The Morgan fingerprint density at radius 2 is 1.09 bits per heavy atom. The zero-order valence-electron chi connectivity index (χ0n) is 13.1. The lowest BCUT2D eigenvalue weighted by atomic mass is 9.93. The minimum absolute atomic E-state index is 0.245. The van der Waals surface area contributed by atoms with Gasteiger partial charge in [-0.25, -0.2) is 0 Å². The molecule has 4 nitrogen and oxygen atoms in total. The predicted molar refractivity (Wildman–Crippen MR) is 116 cm³/mol. The van der Waals surface area contributed by atoms with Gasteiger partial charge in [0.15, 0.2) is 0 Å². The van der Waals surface area contributed by atoms with E-state index in [0.717, 1.165) is 23.0 Å². The van der Waals surface area contributed by atoms with Crippen LogP contribution in [0.25, 0.3) is 0 Å². The summed E-state index contributed by atoms with van der Waals surface area (Å²) in [6.45, 7) is 2.17. The van der Waals surface area contributed by atoms with Crippen molar-refractivity contribution in [1.29, 1.82) is 0 Å². The van der Waals surface area contributed by atoms with Gasteiger partial charge < -0.3 is 18.1 Å². The minimum Gasteiger partial charge on any atom is -0.321 e. The largest absolute Gasteiger partial charge is 0.321 e. The van der Waals surface area contributed by atoms with Crippen LogP contribution in [0.2, 0.25) is 0 Å². The summed E-state index contributed by atoms with van der Waals surface area (Å²) in [6, 6.07) is 0. The summed E-state index contributed by atoms with van der Waals surface area (Å²) in [4.78, 5) is 0. The molecule has 0 radical (unpaired) electrons. The van der Waals surface area contributed by atoms with E-state index in [1.807, 2.05) is 0 Å². The van der Waals surface area contributed by atoms with Crippen molar-refractivity contribution < 1.29 is 18.1 Å². The zero-order chi connectivity index (χ0) is 16.8. The van der Waals surface area contributed by atoms with Crippen molar-refractivity contribution in [3.05, 3.63) is 0 Å². The summed E-state index contributed by atoms with van der Waals surface area (Å²) < 4.78 is 23.8. The van der Waals surface area contributed by atoms with Crippen molar-refractivity contribution >= 4 is 81.3 Å². The Kier molecular flexibility index (Phi) is 9.67. The predicted octanol–water partition coefficient (Wildman–Crippen LogP) is 4.71. The summed E-state index contributed by atoms with van der Waals surface area (Å²) in [5.41, 5.74) is -4.62. The van der Waals surface area contributed by atoms with E-state index >= 15 is 0 Å². The maximum absolute atomic E-state index is 5.94. The van der Waals surface area contributed by atoms with Crippen molar-refractivity contribution in [1.82, 2.24) is 0 Å². The normalized spacial score (nSPS) is 38.0. The molecule has 0 aromatic rings. The lowest BCUT2D eigenvalue weighted by Crippen LogP contribution is -2.45. The monoisotopic (exact) mass is 472 g/mol. The molecule has 23 heavy (non-hydrogen) atoms. The molecule has 2 aliphatic rings. The van der Waals surface area contributed by atoms with Gasteiger partial charge in [0.1, 0.15) is 0 Å². The van der Waals surface area contributed by atoms with Gasteiger partial charge in [-0.3, -0.25) is 0 Å². The fourth-order valence-electron chi connectivity index (χ4n) is 1.80. The first kappa shape index (κ1) is 21.8. The van der Waals surface area contributed by atoms with E-state index in [1.165, 1.54) is 0 Å². The molecule has 2 aliphatic heterocycles. The van der Waals surface area contributed by atoms with Crippen LogP contribution in [0.4, 0.5) is 0 Å². The highest BCUT2D eigenvalue weighted by Crippen LogP contribution is 2.68. The standard InChI is InChI=1S/C11H22O4P2S6/c1-20-3-5-22-16(18)12-7-11(8-13-16)9-14-17(19,15-10-11)23-6-4-21-2/h3-10H2,1-2H3. The zero-order valence-corrected chi connectivity index (χ0v) is 19.8. The molecule has 2 fully saturated rings. The summed E-state index contributed by atoms with van der Waals surface area (Å²) in [7, 11) is 0. The first-order valence-corrected chi connectivity index (χ1v) is 18.2. The Morgan fingerprint density at radius 3 is 1.39 bits per heavy atom. The van der Waals surface area contributed by atoms with E-state index in [-0.39, 0.29) is 5.41 Å². The molecule has 2 heterocycles. The highest BCUT2D eigenvalue weighted by Gasteiger charge is 2.46. The average molecular weight is 473 g/mol. The summed E-state index contributed by atoms with van der Waals surface area (Å²) in [5, 5.41) is 0. The first-order valence-electron chi connectivity index (χ1n) is 7.00. The molecule has 12 heteroatoms. The van der Waals surface area contributed by atoms with Gasteiger partial charge in [-0.05, 0) is 36.1 Å². The number of rotatable bonds is 8. The van der Waals surface area contributed by atoms with Crippen molar-refractivity contribution in [3.8, 4) is 0 Å². The van der Waals surface area contributed by atoms with Crippen LogP contribution < -0.4 is 0 Å². The molecule has 0 aromatic carbocycles. The molecular weight excluding hydrogens is 450 g/mol. The molecule has 0 unspecified atom stereocenters. The van der Waals surface area contributed by atoms with Crippen molar-refractivity contribution in [2.75, 3.05) is 62.0 Å². The Bertz CT molecular complexity index is 410. The average Bonchev–Trinajstić information content (AvgIpc) is 2.54. The summed E-state index contributed by atoms with van der Waals surface area (Å²) >= 11 is 18.0. The smallest absolute Gasteiger partial charge is 0.247 e. The van der Waals surface area contributed by atoms with Gasteiger partial charge in [0.25, 0.3) is 0 Å². The third-order valence-electron chi connectivity index (χ3n) is 3.19. The van der Waals surface area contributed by atoms with Crippen molar-refractivity contribution in [3.63, 3.8) is 0 Å². The molecule has 0 atom stereocenters. The Hall–Kier alpha value is 2.54. The Labute approximate surface area is 165 Å². The first-order chi connectivity index (χ1) is 10.9. The molecule has 2 saturated heterocycles. The highest BCUT2D eigenvalue weighted by atomic mass is 32.9. The second-order valence-electron chi connectivity index (χ2n) is 5.14. The summed E-state index contributed by atoms with van der Waals surface area (Å²) in [5.74, 6) is 4.05. The third-order valence-corrected chi connectivity index (χ3v) is 15.5.